The van der Waals surface area contributed by atoms with Crippen molar-refractivity contribution in [1.29, 1.82) is 0 Å². The van der Waals surface area contributed by atoms with Crippen LogP contribution in [0.1, 0.15) is 87.0 Å². The molecule has 0 saturated heterocycles. The van der Waals surface area contributed by atoms with Crippen molar-refractivity contribution < 1.29 is 20.1 Å². The number of carbonyl (C=O) groups is 1. The standard InChI is InChI=1S/C28H46O4/c1-8-26(6)22(19(5)10-9-18(4)17(2)3)11-12-23(26)21-15-24(30)28(32)16-20(29)13-14-27(28,7)25(21)31/h9-10,15,17-20,22-24,29-30,32H,8,11-14,16H2,1-7H3/b10-9+/t18-,19+,20-,22+,23-,24+,26+,27+,28-/m0/s1. The second-order valence-corrected chi connectivity index (χ2v) is 12.0. The van der Waals surface area contributed by atoms with E-state index in [9.17, 15) is 20.1 Å². The molecular weight excluding hydrogens is 400 g/mol. The molecule has 2 saturated carbocycles. The van der Waals surface area contributed by atoms with E-state index in [1.165, 1.54) is 0 Å². The fourth-order valence-corrected chi connectivity index (χ4v) is 6.95. The van der Waals surface area contributed by atoms with E-state index in [1.54, 1.807) is 13.0 Å². The number of fused-ring (bicyclic) bond motifs is 1. The van der Waals surface area contributed by atoms with Crippen LogP contribution in [0.25, 0.3) is 0 Å². The third kappa shape index (κ3) is 3.95. The van der Waals surface area contributed by atoms with Gasteiger partial charge in [-0.25, -0.2) is 0 Å². The molecule has 32 heavy (non-hydrogen) atoms. The van der Waals surface area contributed by atoms with Gasteiger partial charge in [0.1, 0.15) is 11.7 Å². The SMILES string of the molecule is CC[C@]1(C)[C@@H]([C@H](C)/C=C/[C@H](C)C(C)C)CC[C@H]1C1=C[C@@H](O)[C@@]2(O)C[C@@H](O)CC[C@]2(C)C1=O. The highest BCUT2D eigenvalue weighted by Gasteiger charge is 2.63. The number of rotatable bonds is 6. The van der Waals surface area contributed by atoms with Crippen LogP contribution in [0.15, 0.2) is 23.8 Å². The minimum Gasteiger partial charge on any atom is -0.393 e. The van der Waals surface area contributed by atoms with Gasteiger partial charge in [0, 0.05) is 6.42 Å². The predicted octanol–water partition coefficient (Wildman–Crippen LogP) is 5.07. The molecule has 3 N–H and O–H groups in total. The Labute approximate surface area is 195 Å². The number of aliphatic hydroxyl groups is 3. The van der Waals surface area contributed by atoms with Gasteiger partial charge in [-0.15, -0.1) is 0 Å². The molecule has 0 aromatic heterocycles. The Morgan fingerprint density at radius 1 is 1.09 bits per heavy atom. The van der Waals surface area contributed by atoms with Gasteiger partial charge in [-0.3, -0.25) is 4.79 Å². The van der Waals surface area contributed by atoms with Crippen LogP contribution in [0.4, 0.5) is 0 Å². The van der Waals surface area contributed by atoms with Crippen LogP contribution in [0.3, 0.4) is 0 Å². The predicted molar refractivity (Wildman–Crippen MR) is 129 cm³/mol. The summed E-state index contributed by atoms with van der Waals surface area (Å²) in [5, 5.41) is 32.5. The first-order valence-corrected chi connectivity index (χ1v) is 12.8. The molecule has 3 rings (SSSR count). The first-order valence-electron chi connectivity index (χ1n) is 12.8. The summed E-state index contributed by atoms with van der Waals surface area (Å²) < 4.78 is 0. The van der Waals surface area contributed by atoms with E-state index in [0.717, 1.165) is 24.8 Å². The quantitative estimate of drug-likeness (QED) is 0.498. The van der Waals surface area contributed by atoms with Crippen LogP contribution in [0.2, 0.25) is 0 Å². The van der Waals surface area contributed by atoms with Crippen molar-refractivity contribution in [2.24, 2.45) is 40.4 Å². The Bertz CT molecular complexity index is 769. The van der Waals surface area contributed by atoms with Gasteiger partial charge in [-0.05, 0) is 85.7 Å². The third-order valence-electron chi connectivity index (χ3n) is 10.0. The lowest BCUT2D eigenvalue weighted by atomic mass is 9.53. The minimum atomic E-state index is -1.59. The fraction of sp³-hybridized carbons (Fsp3) is 0.821. The lowest BCUT2D eigenvalue weighted by Gasteiger charge is -2.54. The molecule has 4 nitrogen and oxygen atoms in total. The lowest BCUT2D eigenvalue weighted by molar-refractivity contribution is -0.191. The smallest absolute Gasteiger partial charge is 0.167 e. The highest BCUT2D eigenvalue weighted by atomic mass is 16.3. The largest absolute Gasteiger partial charge is 0.393 e. The Hall–Kier alpha value is -0.970. The molecule has 0 unspecified atom stereocenters. The average molecular weight is 447 g/mol. The summed E-state index contributed by atoms with van der Waals surface area (Å²) in [6.07, 6.45) is 8.48. The van der Waals surface area contributed by atoms with E-state index < -0.39 is 23.2 Å². The van der Waals surface area contributed by atoms with E-state index in [0.29, 0.717) is 36.5 Å². The molecule has 2 fully saturated rings. The third-order valence-corrected chi connectivity index (χ3v) is 10.0. The molecule has 0 radical (unpaired) electrons. The molecule has 0 heterocycles. The van der Waals surface area contributed by atoms with Gasteiger partial charge in [0.05, 0.1) is 11.5 Å². The summed E-state index contributed by atoms with van der Waals surface area (Å²) in [7, 11) is 0. The number of allylic oxidation sites excluding steroid dienone is 3. The zero-order valence-electron chi connectivity index (χ0n) is 21.3. The zero-order valence-corrected chi connectivity index (χ0v) is 21.3. The molecule has 0 aromatic rings. The molecule has 9 atom stereocenters. The summed E-state index contributed by atoms with van der Waals surface area (Å²) in [5.41, 5.74) is -1.94. The van der Waals surface area contributed by atoms with E-state index in [-0.39, 0.29) is 23.5 Å². The van der Waals surface area contributed by atoms with Crippen molar-refractivity contribution >= 4 is 5.78 Å². The Kier molecular flexibility index (Phi) is 7.21. The van der Waals surface area contributed by atoms with E-state index >= 15 is 0 Å². The van der Waals surface area contributed by atoms with Crippen LogP contribution >= 0.6 is 0 Å². The van der Waals surface area contributed by atoms with Crippen LogP contribution < -0.4 is 0 Å². The first kappa shape index (κ1) is 25.6. The van der Waals surface area contributed by atoms with Gasteiger partial charge in [-0.2, -0.15) is 0 Å². The number of hydrogen-bond acceptors (Lipinski definition) is 4. The van der Waals surface area contributed by atoms with Crippen LogP contribution in [0, 0.1) is 40.4 Å². The molecule has 4 heteroatoms. The topological polar surface area (TPSA) is 77.8 Å². The summed E-state index contributed by atoms with van der Waals surface area (Å²) in [5.74, 6) is 2.13. The maximum atomic E-state index is 13.9. The first-order chi connectivity index (χ1) is 14.8. The van der Waals surface area contributed by atoms with Crippen molar-refractivity contribution in [3.05, 3.63) is 23.8 Å². The molecule has 0 spiro atoms. The number of carbonyl (C=O) groups excluding carboxylic acids is 1. The fourth-order valence-electron chi connectivity index (χ4n) is 6.95. The molecule has 182 valence electrons. The summed E-state index contributed by atoms with van der Waals surface area (Å²) in [6.45, 7) is 15.4. The van der Waals surface area contributed by atoms with Crippen molar-refractivity contribution in [2.45, 2.75) is 105 Å². The van der Waals surface area contributed by atoms with E-state index in [4.69, 9.17) is 0 Å². The van der Waals surface area contributed by atoms with Crippen LogP contribution in [-0.2, 0) is 4.79 Å². The number of hydrogen-bond donors (Lipinski definition) is 3. The number of Topliss-reactive ketones (excluding diaryl/α,β-unsaturated/α-hetero) is 1. The van der Waals surface area contributed by atoms with Gasteiger partial charge in [0.15, 0.2) is 5.78 Å². The van der Waals surface area contributed by atoms with Gasteiger partial charge in [0.2, 0.25) is 0 Å². The minimum absolute atomic E-state index is 0.0147. The molecule has 0 amide bonds. The second-order valence-electron chi connectivity index (χ2n) is 12.0. The van der Waals surface area contributed by atoms with Gasteiger partial charge in [-0.1, -0.05) is 53.7 Å². The maximum absolute atomic E-state index is 13.9. The Morgan fingerprint density at radius 3 is 2.34 bits per heavy atom. The normalized spacial score (nSPS) is 44.6. The lowest BCUT2D eigenvalue weighted by Crippen LogP contribution is -2.65. The van der Waals surface area contributed by atoms with E-state index in [1.807, 2.05) is 0 Å². The van der Waals surface area contributed by atoms with E-state index in [2.05, 4.69) is 53.7 Å². The summed E-state index contributed by atoms with van der Waals surface area (Å²) in [4.78, 5) is 13.9. The van der Waals surface area contributed by atoms with Gasteiger partial charge in [0.25, 0.3) is 0 Å². The Balaban J connectivity index is 1.92. The van der Waals surface area contributed by atoms with Crippen molar-refractivity contribution in [3.8, 4) is 0 Å². The molecule has 0 aromatic carbocycles. The molecular formula is C28H46O4. The second kappa shape index (κ2) is 9.00. The number of ketones is 1. The average Bonchev–Trinajstić information content (AvgIpc) is 3.08. The van der Waals surface area contributed by atoms with Gasteiger partial charge >= 0.3 is 0 Å². The van der Waals surface area contributed by atoms with Crippen LogP contribution in [-0.4, -0.2) is 38.9 Å². The molecule has 0 aliphatic heterocycles. The maximum Gasteiger partial charge on any atom is 0.167 e. The Morgan fingerprint density at radius 2 is 1.75 bits per heavy atom. The van der Waals surface area contributed by atoms with Crippen LogP contribution in [0.5, 0.6) is 0 Å². The monoisotopic (exact) mass is 446 g/mol. The summed E-state index contributed by atoms with van der Waals surface area (Å²) in [6, 6.07) is 0. The molecule has 3 aliphatic rings. The zero-order chi connectivity index (χ0) is 24.1. The highest BCUT2D eigenvalue weighted by molar-refractivity contribution is 6.02. The molecule has 3 aliphatic carbocycles. The van der Waals surface area contributed by atoms with Crippen molar-refractivity contribution in [3.63, 3.8) is 0 Å². The highest BCUT2D eigenvalue weighted by Crippen LogP contribution is 2.59. The molecule has 0 bridgehead atoms. The van der Waals surface area contributed by atoms with Gasteiger partial charge < -0.3 is 15.3 Å². The summed E-state index contributed by atoms with van der Waals surface area (Å²) >= 11 is 0. The van der Waals surface area contributed by atoms with Crippen molar-refractivity contribution in [1.82, 2.24) is 0 Å². The number of aliphatic hydroxyl groups excluding tert-OH is 2. The van der Waals surface area contributed by atoms with Crippen molar-refractivity contribution in [2.75, 3.05) is 0 Å².